The first-order valence-electron chi connectivity index (χ1n) is 22.3. The summed E-state index contributed by atoms with van der Waals surface area (Å²) in [7, 11) is 0. The zero-order valence-corrected chi connectivity index (χ0v) is 35.6. The number of thiophene rings is 1. The molecule has 9 aromatic carbocycles. The van der Waals surface area contributed by atoms with Crippen LogP contribution in [-0.2, 0) is 6.42 Å². The van der Waals surface area contributed by atoms with Crippen LogP contribution in [0.15, 0.2) is 212 Å². The van der Waals surface area contributed by atoms with E-state index in [4.69, 9.17) is 4.74 Å². The summed E-state index contributed by atoms with van der Waals surface area (Å²) < 4.78 is 9.51. The highest BCUT2D eigenvalue weighted by molar-refractivity contribution is 7.26. The van der Waals surface area contributed by atoms with Crippen LogP contribution in [0.4, 0.5) is 17.1 Å². The van der Waals surface area contributed by atoms with Crippen molar-refractivity contribution in [3.8, 4) is 5.75 Å². The van der Waals surface area contributed by atoms with E-state index in [9.17, 15) is 0 Å². The van der Waals surface area contributed by atoms with E-state index in [1.807, 2.05) is 11.3 Å². The van der Waals surface area contributed by atoms with Gasteiger partial charge in [-0.05, 0) is 146 Å². The molecule has 2 nitrogen and oxygen atoms in total. The molecule has 3 heteroatoms. The Morgan fingerprint density at radius 3 is 2.10 bits per heavy atom. The number of nitrogens with zero attached hydrogens (tertiary/aromatic N) is 1. The Kier molecular flexibility index (Phi) is 8.52. The molecule has 1 aliphatic heterocycles. The fourth-order valence-corrected chi connectivity index (χ4v) is 12.3. The SMILES string of the molecule is C1=C2CCC(Cc3ccc(N(c4ccccc4)c4cccc5sc6ccccc6c45)cc3)c3ccccc3C2=C(c2cc3ccccc3c3ccccc23)C2c3ccccc3OC12. The number of allylic oxidation sites excluding steroid dienone is 2. The largest absolute Gasteiger partial charge is 0.485 e. The van der Waals surface area contributed by atoms with Gasteiger partial charge in [0.2, 0.25) is 0 Å². The zero-order chi connectivity index (χ0) is 41.4. The Bertz CT molecular complexity index is 3490. The van der Waals surface area contributed by atoms with Crippen molar-refractivity contribution >= 4 is 81.3 Å². The van der Waals surface area contributed by atoms with E-state index < -0.39 is 0 Å². The average Bonchev–Trinajstić information content (AvgIpc) is 3.87. The van der Waals surface area contributed by atoms with Crippen LogP contribution in [-0.4, -0.2) is 6.10 Å². The van der Waals surface area contributed by atoms with Crippen molar-refractivity contribution in [2.24, 2.45) is 0 Å². The van der Waals surface area contributed by atoms with Gasteiger partial charge in [-0.3, -0.25) is 0 Å². The number of para-hydroxylation sites is 2. The summed E-state index contributed by atoms with van der Waals surface area (Å²) in [5.74, 6) is 1.45. The molecule has 3 unspecified atom stereocenters. The van der Waals surface area contributed by atoms with Gasteiger partial charge in [0, 0.05) is 37.1 Å². The standard InChI is InChI=1S/C60H43NOS/c1-2-16-42(17-3-1)61(52-25-14-28-56-58(52)50-24-11-13-27-55(50)63-56)43-33-29-38(30-34-43)35-40-31-32-41-37-54-59(49-23-10-12-26-53(49)62-54)60(57(41)48-22-9-6-19-45(40)48)51-36-39-15-4-5-18-44(39)46-20-7-8-21-47(46)51/h1-30,33-34,36-37,40,54,59H,31-32,35H2. The molecule has 0 saturated carbocycles. The maximum absolute atomic E-state index is 6.88. The van der Waals surface area contributed by atoms with Crippen LogP contribution in [0.3, 0.4) is 0 Å². The second-order valence-corrected chi connectivity index (χ2v) is 18.5. The highest BCUT2D eigenvalue weighted by atomic mass is 32.1. The predicted molar refractivity (Wildman–Crippen MR) is 266 cm³/mol. The summed E-state index contributed by atoms with van der Waals surface area (Å²) in [5.41, 5.74) is 14.5. The third-order valence-corrected chi connectivity index (χ3v) is 15.1. The normalized spacial score (nSPS) is 17.8. The van der Waals surface area contributed by atoms with Crippen LogP contribution in [0.2, 0.25) is 0 Å². The number of fused-ring (bicyclic) bond motifs is 12. The lowest BCUT2D eigenvalue weighted by Gasteiger charge is -2.31. The van der Waals surface area contributed by atoms with Crippen LogP contribution in [0, 0.1) is 0 Å². The summed E-state index contributed by atoms with van der Waals surface area (Å²) in [6.45, 7) is 0. The minimum atomic E-state index is -0.0527. The first kappa shape index (κ1) is 36.5. The summed E-state index contributed by atoms with van der Waals surface area (Å²) in [6.07, 6.45) is 5.45. The highest BCUT2D eigenvalue weighted by Gasteiger charge is 2.43. The topological polar surface area (TPSA) is 12.5 Å². The molecule has 0 spiro atoms. The van der Waals surface area contributed by atoms with Crippen LogP contribution in [0.25, 0.3) is 52.9 Å². The molecular formula is C60H43NOS. The molecule has 13 rings (SSSR count). The smallest absolute Gasteiger partial charge is 0.128 e. The van der Waals surface area contributed by atoms with Crippen molar-refractivity contribution in [3.05, 3.63) is 240 Å². The summed E-state index contributed by atoms with van der Waals surface area (Å²) in [4.78, 5) is 2.44. The summed E-state index contributed by atoms with van der Waals surface area (Å²) in [6, 6.07) is 74.2. The van der Waals surface area contributed by atoms with Crippen LogP contribution in [0.5, 0.6) is 5.75 Å². The maximum atomic E-state index is 6.88. The minimum Gasteiger partial charge on any atom is -0.485 e. The first-order valence-corrected chi connectivity index (χ1v) is 23.1. The minimum absolute atomic E-state index is 0.0527. The third-order valence-electron chi connectivity index (χ3n) is 13.9. The zero-order valence-electron chi connectivity index (χ0n) is 34.7. The van der Waals surface area contributed by atoms with Gasteiger partial charge in [0.05, 0.1) is 11.6 Å². The lowest BCUT2D eigenvalue weighted by atomic mass is 9.72. The average molecular weight is 826 g/mol. The number of benzene rings is 9. The maximum Gasteiger partial charge on any atom is 0.128 e. The molecule has 63 heavy (non-hydrogen) atoms. The molecule has 300 valence electrons. The fourth-order valence-electron chi connectivity index (χ4n) is 11.2. The van der Waals surface area contributed by atoms with E-state index in [0.717, 1.165) is 36.4 Å². The second kappa shape index (κ2) is 14.7. The first-order chi connectivity index (χ1) is 31.2. The van der Waals surface area contributed by atoms with Crippen molar-refractivity contribution < 1.29 is 4.74 Å². The van der Waals surface area contributed by atoms with E-state index in [2.05, 4.69) is 211 Å². The molecule has 2 heterocycles. The van der Waals surface area contributed by atoms with E-state index in [1.165, 1.54) is 91.9 Å². The Morgan fingerprint density at radius 1 is 0.540 bits per heavy atom. The van der Waals surface area contributed by atoms with Gasteiger partial charge in [-0.1, -0.05) is 146 Å². The Labute approximate surface area is 371 Å². The van der Waals surface area contributed by atoms with Crippen LogP contribution in [0.1, 0.15) is 52.5 Å². The third kappa shape index (κ3) is 5.91. The van der Waals surface area contributed by atoms with Gasteiger partial charge in [-0.2, -0.15) is 0 Å². The van der Waals surface area contributed by atoms with Crippen molar-refractivity contribution in [2.45, 2.75) is 37.2 Å². The molecule has 0 radical (unpaired) electrons. The molecule has 0 saturated heterocycles. The molecular weight excluding hydrogens is 783 g/mol. The molecule has 0 bridgehead atoms. The molecule has 0 fully saturated rings. The second-order valence-electron chi connectivity index (χ2n) is 17.4. The van der Waals surface area contributed by atoms with E-state index in [-0.39, 0.29) is 12.0 Å². The quantitative estimate of drug-likeness (QED) is 0.155. The summed E-state index contributed by atoms with van der Waals surface area (Å²) >= 11 is 1.87. The molecule has 2 aliphatic carbocycles. The predicted octanol–water partition coefficient (Wildman–Crippen LogP) is 16.3. The number of rotatable bonds is 6. The lowest BCUT2D eigenvalue weighted by Crippen LogP contribution is -2.23. The van der Waals surface area contributed by atoms with Gasteiger partial charge in [0.1, 0.15) is 11.9 Å². The monoisotopic (exact) mass is 825 g/mol. The Balaban J connectivity index is 0.934. The molecule has 0 amide bonds. The molecule has 1 aromatic heterocycles. The Morgan fingerprint density at radius 2 is 1.22 bits per heavy atom. The summed E-state index contributed by atoms with van der Waals surface area (Å²) in [5, 5.41) is 7.78. The van der Waals surface area contributed by atoms with Gasteiger partial charge >= 0.3 is 0 Å². The van der Waals surface area contributed by atoms with E-state index in [1.54, 1.807) is 0 Å². The molecule has 3 atom stereocenters. The van der Waals surface area contributed by atoms with Gasteiger partial charge < -0.3 is 9.64 Å². The van der Waals surface area contributed by atoms with Gasteiger partial charge in [-0.15, -0.1) is 11.3 Å². The van der Waals surface area contributed by atoms with Gasteiger partial charge in [-0.25, -0.2) is 0 Å². The lowest BCUT2D eigenvalue weighted by molar-refractivity contribution is 0.270. The number of hydrogen-bond acceptors (Lipinski definition) is 3. The fraction of sp³-hybridized carbons (Fsp3) is 0.100. The van der Waals surface area contributed by atoms with Gasteiger partial charge in [0.15, 0.2) is 0 Å². The molecule has 0 N–H and O–H groups in total. The number of ether oxygens (including phenoxy) is 1. The Hall–Kier alpha value is -7.20. The van der Waals surface area contributed by atoms with Crippen LogP contribution >= 0.6 is 11.3 Å². The van der Waals surface area contributed by atoms with Crippen molar-refractivity contribution in [1.82, 2.24) is 0 Å². The van der Waals surface area contributed by atoms with E-state index >= 15 is 0 Å². The van der Waals surface area contributed by atoms with Crippen molar-refractivity contribution in [1.29, 1.82) is 0 Å². The molecule has 3 aliphatic rings. The van der Waals surface area contributed by atoms with Crippen molar-refractivity contribution in [3.63, 3.8) is 0 Å². The molecule has 10 aromatic rings. The van der Waals surface area contributed by atoms with Crippen molar-refractivity contribution in [2.75, 3.05) is 4.90 Å². The number of anilines is 3. The van der Waals surface area contributed by atoms with Crippen LogP contribution < -0.4 is 9.64 Å². The van der Waals surface area contributed by atoms with E-state index in [0.29, 0.717) is 5.92 Å². The van der Waals surface area contributed by atoms with Gasteiger partial charge in [0.25, 0.3) is 0 Å². The highest BCUT2D eigenvalue weighted by Crippen LogP contribution is 2.57. The number of hydrogen-bond donors (Lipinski definition) is 0.